The first-order valence-electron chi connectivity index (χ1n) is 9.52. The Morgan fingerprint density at radius 3 is 2.39 bits per heavy atom. The van der Waals surface area contributed by atoms with Gasteiger partial charge in [0, 0.05) is 22.6 Å². The number of halogens is 6. The van der Waals surface area contributed by atoms with Crippen molar-refractivity contribution in [3.8, 4) is 5.75 Å². The highest BCUT2D eigenvalue weighted by atomic mass is 32.2. The fourth-order valence-corrected chi connectivity index (χ4v) is 5.25. The highest BCUT2D eigenvalue weighted by molar-refractivity contribution is 8.02. The molecule has 1 fully saturated rings. The first-order valence-corrected chi connectivity index (χ1v) is 10.4. The maximum absolute atomic E-state index is 14.3. The van der Waals surface area contributed by atoms with Crippen molar-refractivity contribution in [1.29, 1.82) is 0 Å². The topological polar surface area (TPSA) is 78.8 Å². The number of carbonyl (C=O) groups is 1. The smallest absolute Gasteiger partial charge is 0.491 e. The molecule has 13 heteroatoms. The van der Waals surface area contributed by atoms with Gasteiger partial charge in [0.15, 0.2) is 11.6 Å². The van der Waals surface area contributed by atoms with E-state index in [0.717, 1.165) is 44.4 Å². The number of hydrogen-bond acceptors (Lipinski definition) is 5. The predicted octanol–water partition coefficient (Wildman–Crippen LogP) is 3.34. The molecular formula is C20H18BF6NO4S. The van der Waals surface area contributed by atoms with Crippen LogP contribution in [0.1, 0.15) is 24.8 Å². The molecule has 0 aliphatic carbocycles. The summed E-state index contributed by atoms with van der Waals surface area (Å²) in [5.74, 6) is -6.35. The van der Waals surface area contributed by atoms with Gasteiger partial charge in [-0.25, -0.2) is 8.78 Å². The van der Waals surface area contributed by atoms with E-state index >= 15 is 0 Å². The standard InChI is InChI=1S/C20H18BF6NO4S/c1-19(20(25,26)27)8-11(10-4-6-14(23)15(24)16(10)32-2)17(33-19)18(29)28-9-3-5-13(22)12(7-9)21(30)31/h3-7,11,17,30-31H,8H2,1-2H3,(H,28,29)/t11-,17+,19+/m0/s1. The van der Waals surface area contributed by atoms with Crippen molar-refractivity contribution in [2.45, 2.75) is 35.4 Å². The number of methoxy groups -OCH3 is 1. The number of carbonyl (C=O) groups excluding carboxylic acids is 1. The zero-order valence-electron chi connectivity index (χ0n) is 17.2. The van der Waals surface area contributed by atoms with Crippen molar-refractivity contribution in [2.75, 3.05) is 12.4 Å². The van der Waals surface area contributed by atoms with Crippen LogP contribution in [0.4, 0.5) is 32.0 Å². The molecule has 178 valence electrons. The number of ether oxygens (including phenoxy) is 1. The molecule has 0 saturated carbocycles. The third-order valence-corrected chi connectivity index (χ3v) is 7.16. The molecule has 1 saturated heterocycles. The summed E-state index contributed by atoms with van der Waals surface area (Å²) in [5, 5.41) is 19.4. The number of alkyl halides is 3. The summed E-state index contributed by atoms with van der Waals surface area (Å²) in [7, 11) is -1.16. The molecule has 1 aliphatic rings. The number of thioether (sulfide) groups is 1. The Morgan fingerprint density at radius 1 is 1.18 bits per heavy atom. The molecule has 0 aromatic heterocycles. The molecule has 0 bridgehead atoms. The van der Waals surface area contributed by atoms with Crippen LogP contribution in [0.15, 0.2) is 30.3 Å². The van der Waals surface area contributed by atoms with Gasteiger partial charge in [0.2, 0.25) is 11.7 Å². The van der Waals surface area contributed by atoms with Gasteiger partial charge in [-0.05, 0) is 37.6 Å². The van der Waals surface area contributed by atoms with Gasteiger partial charge in [-0.3, -0.25) is 4.79 Å². The molecule has 3 rings (SSSR count). The molecule has 33 heavy (non-hydrogen) atoms. The van der Waals surface area contributed by atoms with Gasteiger partial charge in [0.1, 0.15) is 10.6 Å². The molecular weight excluding hydrogens is 475 g/mol. The van der Waals surface area contributed by atoms with E-state index < -0.39 is 70.2 Å². The first kappa shape index (κ1) is 25.3. The van der Waals surface area contributed by atoms with Gasteiger partial charge in [-0.15, -0.1) is 11.8 Å². The van der Waals surface area contributed by atoms with E-state index in [-0.39, 0.29) is 11.3 Å². The lowest BCUT2D eigenvalue weighted by molar-refractivity contribution is -0.155. The van der Waals surface area contributed by atoms with Crippen LogP contribution in [0.3, 0.4) is 0 Å². The molecule has 3 atom stereocenters. The Hall–Kier alpha value is -2.38. The second-order valence-corrected chi connectivity index (χ2v) is 9.31. The SMILES string of the molecule is COc1c([C@@H]2C[C@](C)(C(F)(F)F)S[C@H]2C(=O)Nc2ccc(F)c(B(O)O)c2)ccc(F)c1F. The van der Waals surface area contributed by atoms with Gasteiger partial charge in [0.05, 0.1) is 12.4 Å². The molecule has 1 amide bonds. The van der Waals surface area contributed by atoms with Crippen LogP contribution in [0.2, 0.25) is 0 Å². The first-order chi connectivity index (χ1) is 15.3. The summed E-state index contributed by atoms with van der Waals surface area (Å²) in [5.41, 5.74) is -0.754. The molecule has 1 heterocycles. The Balaban J connectivity index is 2.01. The summed E-state index contributed by atoms with van der Waals surface area (Å²) in [6.45, 7) is 0.905. The summed E-state index contributed by atoms with van der Waals surface area (Å²) in [4.78, 5) is 13.0. The summed E-state index contributed by atoms with van der Waals surface area (Å²) >= 11 is 0.311. The lowest BCUT2D eigenvalue weighted by Gasteiger charge is -2.26. The van der Waals surface area contributed by atoms with E-state index in [1.54, 1.807) is 0 Å². The number of benzene rings is 2. The van der Waals surface area contributed by atoms with Crippen molar-refractivity contribution in [3.05, 3.63) is 53.3 Å². The van der Waals surface area contributed by atoms with E-state index in [1.807, 2.05) is 0 Å². The summed E-state index contributed by atoms with van der Waals surface area (Å²) in [6, 6.07) is 4.68. The predicted molar refractivity (Wildman–Crippen MR) is 111 cm³/mol. The highest BCUT2D eigenvalue weighted by Crippen LogP contribution is 2.59. The fraction of sp³-hybridized carbons (Fsp3) is 0.350. The maximum Gasteiger partial charge on any atom is 0.491 e. The minimum Gasteiger partial charge on any atom is -0.493 e. The Kier molecular flexibility index (Phi) is 6.97. The number of hydrogen-bond donors (Lipinski definition) is 3. The van der Waals surface area contributed by atoms with E-state index in [1.165, 1.54) is 0 Å². The van der Waals surface area contributed by atoms with Crippen LogP contribution >= 0.6 is 11.8 Å². The Labute approximate surface area is 189 Å². The maximum atomic E-state index is 14.3. The molecule has 2 aromatic carbocycles. The second kappa shape index (κ2) is 9.11. The van der Waals surface area contributed by atoms with Crippen molar-refractivity contribution in [3.63, 3.8) is 0 Å². The lowest BCUT2D eigenvalue weighted by atomic mass is 9.79. The Bertz CT molecular complexity index is 1070. The van der Waals surface area contributed by atoms with Crippen LogP contribution < -0.4 is 15.5 Å². The van der Waals surface area contributed by atoms with Crippen LogP contribution in [0.25, 0.3) is 0 Å². The quantitative estimate of drug-likeness (QED) is 0.440. The second-order valence-electron chi connectivity index (χ2n) is 7.66. The molecule has 5 nitrogen and oxygen atoms in total. The van der Waals surface area contributed by atoms with Crippen molar-refractivity contribution >= 4 is 35.9 Å². The normalized spacial score (nSPS) is 22.8. The van der Waals surface area contributed by atoms with E-state index in [4.69, 9.17) is 4.74 Å². The number of rotatable bonds is 5. The van der Waals surface area contributed by atoms with Crippen LogP contribution in [0.5, 0.6) is 5.75 Å². The number of nitrogens with one attached hydrogen (secondary N) is 1. The Morgan fingerprint density at radius 2 is 1.82 bits per heavy atom. The largest absolute Gasteiger partial charge is 0.493 e. The van der Waals surface area contributed by atoms with Crippen molar-refractivity contribution in [1.82, 2.24) is 0 Å². The number of amides is 1. The van der Waals surface area contributed by atoms with Crippen LogP contribution in [0, 0.1) is 17.5 Å². The van der Waals surface area contributed by atoms with Gasteiger partial charge in [0.25, 0.3) is 0 Å². The number of anilines is 1. The third kappa shape index (κ3) is 4.80. The average Bonchev–Trinajstić information content (AvgIpc) is 3.10. The van der Waals surface area contributed by atoms with Crippen molar-refractivity contribution in [2.24, 2.45) is 0 Å². The van der Waals surface area contributed by atoms with E-state index in [0.29, 0.717) is 11.8 Å². The third-order valence-electron chi connectivity index (χ3n) is 5.45. The van der Waals surface area contributed by atoms with Gasteiger partial charge in [-0.1, -0.05) is 6.07 Å². The molecule has 2 aromatic rings. The van der Waals surface area contributed by atoms with Gasteiger partial charge < -0.3 is 20.1 Å². The van der Waals surface area contributed by atoms with Crippen molar-refractivity contribution < 1.29 is 45.9 Å². The van der Waals surface area contributed by atoms with Crippen LogP contribution in [-0.2, 0) is 4.79 Å². The van der Waals surface area contributed by atoms with Crippen LogP contribution in [-0.4, -0.2) is 46.4 Å². The van der Waals surface area contributed by atoms with Gasteiger partial charge >= 0.3 is 13.3 Å². The zero-order chi connectivity index (χ0) is 24.7. The summed E-state index contributed by atoms with van der Waals surface area (Å²) in [6.07, 6.45) is -5.34. The average molecular weight is 493 g/mol. The highest BCUT2D eigenvalue weighted by Gasteiger charge is 2.60. The van der Waals surface area contributed by atoms with E-state index in [9.17, 15) is 41.2 Å². The lowest BCUT2D eigenvalue weighted by Crippen LogP contribution is -2.37. The molecule has 3 N–H and O–H groups in total. The monoisotopic (exact) mass is 493 g/mol. The molecule has 0 spiro atoms. The van der Waals surface area contributed by atoms with Gasteiger partial charge in [-0.2, -0.15) is 17.6 Å². The van der Waals surface area contributed by atoms with E-state index in [2.05, 4.69) is 5.32 Å². The summed E-state index contributed by atoms with van der Waals surface area (Å²) < 4.78 is 85.5. The molecule has 0 unspecified atom stereocenters. The molecule has 1 aliphatic heterocycles. The zero-order valence-corrected chi connectivity index (χ0v) is 18.0. The molecule has 0 radical (unpaired) electrons. The minimum atomic E-state index is -4.72. The fourth-order valence-electron chi connectivity index (χ4n) is 3.71. The minimum absolute atomic E-state index is 0.0956.